The molecule has 2 rings (SSSR count). The van der Waals surface area contributed by atoms with E-state index < -0.39 is 9.84 Å². The third kappa shape index (κ3) is 6.78. The van der Waals surface area contributed by atoms with Gasteiger partial charge in [0, 0.05) is 11.8 Å². The van der Waals surface area contributed by atoms with Crippen LogP contribution in [0, 0.1) is 0 Å². The number of benzene rings is 1. The van der Waals surface area contributed by atoms with Crippen LogP contribution in [0.2, 0.25) is 0 Å². The zero-order chi connectivity index (χ0) is 18.3. The van der Waals surface area contributed by atoms with Crippen molar-refractivity contribution in [2.45, 2.75) is 31.6 Å². The van der Waals surface area contributed by atoms with Crippen molar-refractivity contribution in [3.63, 3.8) is 0 Å². The first-order chi connectivity index (χ1) is 11.9. The molecule has 0 aliphatic carbocycles. The molecule has 0 unspecified atom stereocenters. The van der Waals surface area contributed by atoms with Gasteiger partial charge in [-0.15, -0.1) is 11.8 Å². The number of carbonyl (C=O) groups is 1. The molecule has 8 heteroatoms. The predicted molar refractivity (Wildman–Crippen MR) is 100 cm³/mol. The Morgan fingerprint density at radius 3 is 2.48 bits per heavy atom. The molecule has 0 aromatic heterocycles. The van der Waals surface area contributed by atoms with Crippen LogP contribution in [0.1, 0.15) is 20.3 Å². The van der Waals surface area contributed by atoms with E-state index in [4.69, 9.17) is 9.47 Å². The molecule has 0 saturated carbocycles. The Morgan fingerprint density at radius 2 is 1.92 bits per heavy atom. The number of amides is 1. The van der Waals surface area contributed by atoms with Crippen LogP contribution in [-0.2, 0) is 14.6 Å². The number of thioether (sulfide) groups is 1. The molecule has 1 aliphatic rings. The van der Waals surface area contributed by atoms with Gasteiger partial charge in [0.05, 0.1) is 30.0 Å². The van der Waals surface area contributed by atoms with Crippen LogP contribution in [0.5, 0.6) is 11.5 Å². The van der Waals surface area contributed by atoms with E-state index in [1.54, 1.807) is 0 Å². The number of hydrogen-bond donors (Lipinski definition) is 1. The Hall–Kier alpha value is -1.41. The molecule has 1 heterocycles. The van der Waals surface area contributed by atoms with Crippen LogP contribution >= 0.6 is 11.8 Å². The summed E-state index contributed by atoms with van der Waals surface area (Å²) in [6.07, 6.45) is 0.506. The molecule has 2 atom stereocenters. The summed E-state index contributed by atoms with van der Waals surface area (Å²) >= 11 is 1.49. The lowest BCUT2D eigenvalue weighted by molar-refractivity contribution is -0.120. The largest absolute Gasteiger partial charge is 0.494 e. The lowest BCUT2D eigenvalue weighted by Crippen LogP contribution is -2.40. The fraction of sp³-hybridized carbons (Fsp3) is 0.588. The van der Waals surface area contributed by atoms with Gasteiger partial charge in [-0.25, -0.2) is 8.42 Å². The first kappa shape index (κ1) is 19.9. The maximum absolute atomic E-state index is 12.1. The van der Waals surface area contributed by atoms with Gasteiger partial charge in [0.15, 0.2) is 9.84 Å². The smallest absolute Gasteiger partial charge is 0.233 e. The van der Waals surface area contributed by atoms with Crippen LogP contribution in [0.4, 0.5) is 0 Å². The second-order valence-corrected chi connectivity index (χ2v) is 9.55. The van der Waals surface area contributed by atoms with E-state index in [2.05, 4.69) is 5.32 Å². The van der Waals surface area contributed by atoms with Crippen LogP contribution in [-0.4, -0.2) is 56.1 Å². The van der Waals surface area contributed by atoms with Gasteiger partial charge in [-0.3, -0.25) is 4.79 Å². The monoisotopic (exact) mass is 387 g/mol. The summed E-state index contributed by atoms with van der Waals surface area (Å²) in [7, 11) is -2.98. The summed E-state index contributed by atoms with van der Waals surface area (Å²) < 4.78 is 33.8. The normalized spacial score (nSPS) is 20.0. The average molecular weight is 388 g/mol. The second kappa shape index (κ2) is 9.33. The fourth-order valence-electron chi connectivity index (χ4n) is 2.49. The molecule has 1 fully saturated rings. The number of ether oxygens (including phenoxy) is 2. The van der Waals surface area contributed by atoms with Crippen LogP contribution in [0.25, 0.3) is 0 Å². The van der Waals surface area contributed by atoms with Gasteiger partial charge in [0.25, 0.3) is 0 Å². The molecule has 1 saturated heterocycles. The Balaban J connectivity index is 1.64. The highest BCUT2D eigenvalue weighted by Crippen LogP contribution is 2.19. The minimum atomic E-state index is -2.98. The molecular formula is C17H25NO5S2. The van der Waals surface area contributed by atoms with Crippen LogP contribution < -0.4 is 14.8 Å². The van der Waals surface area contributed by atoms with E-state index >= 15 is 0 Å². The molecule has 140 valence electrons. The summed E-state index contributed by atoms with van der Waals surface area (Å²) in [5.74, 6) is 2.34. The van der Waals surface area contributed by atoms with E-state index in [1.807, 2.05) is 38.1 Å². The molecule has 6 nitrogen and oxygen atoms in total. The number of carbonyl (C=O) groups excluding carboxylic acids is 1. The van der Waals surface area contributed by atoms with Crippen molar-refractivity contribution >= 4 is 27.5 Å². The first-order valence-electron chi connectivity index (χ1n) is 8.37. The summed E-state index contributed by atoms with van der Waals surface area (Å²) in [5.41, 5.74) is 0. The zero-order valence-corrected chi connectivity index (χ0v) is 16.2. The third-order valence-electron chi connectivity index (χ3n) is 3.80. The minimum absolute atomic E-state index is 0.0526. The topological polar surface area (TPSA) is 81.7 Å². The quantitative estimate of drug-likeness (QED) is 0.652. The van der Waals surface area contributed by atoms with Crippen molar-refractivity contribution in [3.05, 3.63) is 24.3 Å². The number of rotatable bonds is 9. The third-order valence-corrected chi connectivity index (χ3v) is 6.69. The van der Waals surface area contributed by atoms with Gasteiger partial charge in [0.2, 0.25) is 5.91 Å². The SMILES string of the molecule is CCOc1ccc(OCCS[C@H](C)C(=O)N[C@H]2CCS(=O)(=O)C2)cc1. The maximum atomic E-state index is 12.1. The van der Waals surface area contributed by atoms with Gasteiger partial charge in [0.1, 0.15) is 11.5 Å². The summed E-state index contributed by atoms with van der Waals surface area (Å²) in [6, 6.07) is 7.18. The molecule has 25 heavy (non-hydrogen) atoms. The predicted octanol–water partition coefficient (Wildman–Crippen LogP) is 1.89. The van der Waals surface area contributed by atoms with Crippen molar-refractivity contribution < 1.29 is 22.7 Å². The van der Waals surface area contributed by atoms with E-state index in [0.717, 1.165) is 11.5 Å². The minimum Gasteiger partial charge on any atom is -0.494 e. The first-order valence-corrected chi connectivity index (χ1v) is 11.2. The van der Waals surface area contributed by atoms with Crippen molar-refractivity contribution in [1.29, 1.82) is 0 Å². The van der Waals surface area contributed by atoms with Crippen LogP contribution in [0.15, 0.2) is 24.3 Å². The zero-order valence-electron chi connectivity index (χ0n) is 14.6. The van der Waals surface area contributed by atoms with Gasteiger partial charge in [-0.1, -0.05) is 0 Å². The van der Waals surface area contributed by atoms with E-state index in [-0.39, 0.29) is 28.7 Å². The van der Waals surface area contributed by atoms with Gasteiger partial charge >= 0.3 is 0 Å². The van der Waals surface area contributed by atoms with E-state index in [0.29, 0.717) is 25.4 Å². The second-order valence-electron chi connectivity index (χ2n) is 5.87. The summed E-state index contributed by atoms with van der Waals surface area (Å²) in [4.78, 5) is 12.1. The Kier molecular flexibility index (Phi) is 7.43. The lowest BCUT2D eigenvalue weighted by Gasteiger charge is -2.15. The highest BCUT2D eigenvalue weighted by atomic mass is 32.2. The number of sulfone groups is 1. The Morgan fingerprint density at radius 1 is 1.28 bits per heavy atom. The Labute approximate surface area is 153 Å². The highest BCUT2D eigenvalue weighted by molar-refractivity contribution is 8.00. The molecule has 1 aliphatic heterocycles. The summed E-state index contributed by atoms with van der Waals surface area (Å²) in [6.45, 7) is 4.88. The van der Waals surface area contributed by atoms with Crippen molar-refractivity contribution in [3.8, 4) is 11.5 Å². The Bertz CT molecular complexity index is 660. The molecule has 1 amide bonds. The van der Waals surface area contributed by atoms with Crippen molar-refractivity contribution in [2.24, 2.45) is 0 Å². The highest BCUT2D eigenvalue weighted by Gasteiger charge is 2.29. The van der Waals surface area contributed by atoms with Gasteiger partial charge in [-0.05, 0) is 44.5 Å². The molecule has 0 bridgehead atoms. The molecule has 1 aromatic carbocycles. The van der Waals surface area contributed by atoms with Crippen molar-refractivity contribution in [1.82, 2.24) is 5.32 Å². The number of nitrogens with one attached hydrogen (secondary N) is 1. The average Bonchev–Trinajstić information content (AvgIpc) is 2.91. The van der Waals surface area contributed by atoms with E-state index in [1.165, 1.54) is 11.8 Å². The summed E-state index contributed by atoms with van der Waals surface area (Å²) in [5, 5.41) is 2.57. The fourth-order valence-corrected chi connectivity index (χ4v) is 4.91. The molecule has 1 N–H and O–H groups in total. The molecular weight excluding hydrogens is 362 g/mol. The van der Waals surface area contributed by atoms with Crippen LogP contribution in [0.3, 0.4) is 0 Å². The number of hydrogen-bond acceptors (Lipinski definition) is 6. The maximum Gasteiger partial charge on any atom is 0.233 e. The van der Waals surface area contributed by atoms with Gasteiger partial charge < -0.3 is 14.8 Å². The molecule has 0 radical (unpaired) electrons. The lowest BCUT2D eigenvalue weighted by atomic mass is 10.2. The van der Waals surface area contributed by atoms with Gasteiger partial charge in [-0.2, -0.15) is 0 Å². The van der Waals surface area contributed by atoms with Crippen molar-refractivity contribution in [2.75, 3.05) is 30.5 Å². The molecule has 1 aromatic rings. The molecule has 0 spiro atoms. The standard InChI is InChI=1S/C17H25NO5S2/c1-3-22-15-4-6-16(7-5-15)23-9-10-24-13(2)17(19)18-14-8-11-25(20,21)12-14/h4-7,13-14H,3,8-12H2,1-2H3,(H,18,19)/t13-,14+/m1/s1. The van der Waals surface area contributed by atoms with E-state index in [9.17, 15) is 13.2 Å².